The number of carbonyl (C=O) groups excluding carboxylic acids is 1. The first-order valence-electron chi connectivity index (χ1n) is 5.68. The van der Waals surface area contributed by atoms with E-state index in [1.807, 2.05) is 0 Å². The molecular weight excluding hydrogens is 266 g/mol. The number of hydrogen-bond acceptors (Lipinski definition) is 4. The highest BCUT2D eigenvalue weighted by Crippen LogP contribution is 2.15. The van der Waals surface area contributed by atoms with Crippen LogP contribution in [0.1, 0.15) is 23.7 Å². The molecule has 19 heavy (non-hydrogen) atoms. The minimum absolute atomic E-state index is 0.0307. The first-order valence-corrected chi connectivity index (χ1v) is 7.16. The van der Waals surface area contributed by atoms with Gasteiger partial charge in [0.15, 0.2) is 5.78 Å². The van der Waals surface area contributed by atoms with Gasteiger partial charge in [-0.15, -0.1) is 0 Å². The number of anilines is 1. The van der Waals surface area contributed by atoms with Crippen molar-refractivity contribution in [1.82, 2.24) is 9.97 Å². The molecule has 6 nitrogen and oxygen atoms in total. The molecule has 0 radical (unpaired) electrons. The first-order chi connectivity index (χ1) is 9.03. The fourth-order valence-corrected chi connectivity index (χ4v) is 2.57. The summed E-state index contributed by atoms with van der Waals surface area (Å²) in [6.07, 6.45) is 3.28. The SMILES string of the molecule is CCC(=O)c1cccc(S(=O)(=O)Nc2ncc[nH]2)c1. The van der Waals surface area contributed by atoms with E-state index in [4.69, 9.17) is 0 Å². The third-order valence-electron chi connectivity index (χ3n) is 2.52. The van der Waals surface area contributed by atoms with Crippen LogP contribution in [0.15, 0.2) is 41.6 Å². The quantitative estimate of drug-likeness (QED) is 0.816. The summed E-state index contributed by atoms with van der Waals surface area (Å²) in [4.78, 5) is 18.0. The van der Waals surface area contributed by atoms with Crippen molar-refractivity contribution in [3.63, 3.8) is 0 Å². The van der Waals surface area contributed by atoms with E-state index in [9.17, 15) is 13.2 Å². The molecular formula is C12H13N3O3S. The maximum Gasteiger partial charge on any atom is 0.264 e. The van der Waals surface area contributed by atoms with Crippen molar-refractivity contribution >= 4 is 21.8 Å². The van der Waals surface area contributed by atoms with Crippen LogP contribution in [-0.4, -0.2) is 24.2 Å². The second kappa shape index (κ2) is 5.23. The molecule has 0 unspecified atom stereocenters. The van der Waals surface area contributed by atoms with E-state index in [0.717, 1.165) is 0 Å². The van der Waals surface area contributed by atoms with Gasteiger partial charge in [-0.25, -0.2) is 18.1 Å². The van der Waals surface area contributed by atoms with Crippen LogP contribution in [0.25, 0.3) is 0 Å². The lowest BCUT2D eigenvalue weighted by Gasteiger charge is -2.06. The lowest BCUT2D eigenvalue weighted by atomic mass is 10.1. The van der Waals surface area contributed by atoms with Crippen LogP contribution in [0.4, 0.5) is 5.95 Å². The average molecular weight is 279 g/mol. The molecule has 1 aromatic carbocycles. The van der Waals surface area contributed by atoms with Crippen LogP contribution in [-0.2, 0) is 10.0 Å². The number of nitrogens with one attached hydrogen (secondary N) is 2. The normalized spacial score (nSPS) is 11.2. The molecule has 0 saturated heterocycles. The summed E-state index contributed by atoms with van der Waals surface area (Å²) in [5, 5.41) is 0. The number of H-pyrrole nitrogens is 1. The number of carbonyl (C=O) groups is 1. The molecule has 0 spiro atoms. The largest absolute Gasteiger partial charge is 0.330 e. The van der Waals surface area contributed by atoms with E-state index in [0.29, 0.717) is 12.0 Å². The van der Waals surface area contributed by atoms with Crippen LogP contribution in [0, 0.1) is 0 Å². The van der Waals surface area contributed by atoms with Crippen LogP contribution in [0.2, 0.25) is 0 Å². The lowest BCUT2D eigenvalue weighted by molar-refractivity contribution is 0.0988. The fourth-order valence-electron chi connectivity index (χ4n) is 1.55. The van der Waals surface area contributed by atoms with Crippen molar-refractivity contribution in [2.45, 2.75) is 18.2 Å². The highest BCUT2D eigenvalue weighted by Gasteiger charge is 2.16. The topological polar surface area (TPSA) is 91.9 Å². The van der Waals surface area contributed by atoms with Crippen LogP contribution in [0.5, 0.6) is 0 Å². The zero-order chi connectivity index (χ0) is 13.9. The van der Waals surface area contributed by atoms with Crippen LogP contribution >= 0.6 is 0 Å². The van der Waals surface area contributed by atoms with Gasteiger partial charge in [0.1, 0.15) is 0 Å². The third kappa shape index (κ3) is 3.00. The van der Waals surface area contributed by atoms with E-state index in [2.05, 4.69) is 14.7 Å². The lowest BCUT2D eigenvalue weighted by Crippen LogP contribution is -2.14. The predicted octanol–water partition coefficient (Wildman–Crippen LogP) is 1.80. The monoisotopic (exact) mass is 279 g/mol. The summed E-state index contributed by atoms with van der Waals surface area (Å²) in [5.74, 6) is 0.0299. The Labute approximate surface area is 110 Å². The number of aromatic amines is 1. The molecule has 0 aliphatic heterocycles. The van der Waals surface area contributed by atoms with Gasteiger partial charge >= 0.3 is 0 Å². The summed E-state index contributed by atoms with van der Waals surface area (Å²) < 4.78 is 26.5. The Kier molecular flexibility index (Phi) is 3.66. The molecule has 0 aliphatic carbocycles. The standard InChI is InChI=1S/C12H13N3O3S/c1-2-11(16)9-4-3-5-10(8-9)19(17,18)15-12-13-6-7-14-12/h3-8H,2H2,1H3,(H2,13,14,15). The second-order valence-corrected chi connectivity index (χ2v) is 5.53. The number of hydrogen-bond donors (Lipinski definition) is 2. The summed E-state index contributed by atoms with van der Waals surface area (Å²) >= 11 is 0. The number of benzene rings is 1. The summed E-state index contributed by atoms with van der Waals surface area (Å²) in [6, 6.07) is 5.92. The zero-order valence-electron chi connectivity index (χ0n) is 10.3. The van der Waals surface area contributed by atoms with Gasteiger partial charge in [0.2, 0.25) is 5.95 Å². The number of rotatable bonds is 5. The molecule has 1 heterocycles. The Morgan fingerprint density at radius 1 is 1.42 bits per heavy atom. The minimum Gasteiger partial charge on any atom is -0.330 e. The van der Waals surface area contributed by atoms with Crippen LogP contribution in [0.3, 0.4) is 0 Å². The third-order valence-corrected chi connectivity index (χ3v) is 3.85. The summed E-state index contributed by atoms with van der Waals surface area (Å²) in [6.45, 7) is 1.73. The van der Waals surface area contributed by atoms with E-state index < -0.39 is 10.0 Å². The maximum absolute atomic E-state index is 12.1. The molecule has 2 N–H and O–H groups in total. The van der Waals surface area contributed by atoms with Crippen molar-refractivity contribution in [2.24, 2.45) is 0 Å². The van der Waals surface area contributed by atoms with Gasteiger partial charge in [0.05, 0.1) is 4.90 Å². The Balaban J connectivity index is 2.33. The number of Topliss-reactive ketones (excluding diaryl/α,β-unsaturated/α-hetero) is 1. The summed E-state index contributed by atoms with van der Waals surface area (Å²) in [5.41, 5.74) is 0.379. The number of nitrogens with zero attached hydrogens (tertiary/aromatic N) is 1. The van der Waals surface area contributed by atoms with E-state index in [1.54, 1.807) is 19.1 Å². The molecule has 2 rings (SSSR count). The fraction of sp³-hybridized carbons (Fsp3) is 0.167. The van der Waals surface area contributed by atoms with E-state index in [1.165, 1.54) is 24.5 Å². The Morgan fingerprint density at radius 2 is 2.21 bits per heavy atom. The molecule has 7 heteroatoms. The number of sulfonamides is 1. The van der Waals surface area contributed by atoms with Gasteiger partial charge in [-0.3, -0.25) is 4.79 Å². The van der Waals surface area contributed by atoms with Crippen molar-refractivity contribution in [3.05, 3.63) is 42.2 Å². The van der Waals surface area contributed by atoms with Crippen molar-refractivity contribution in [3.8, 4) is 0 Å². The smallest absolute Gasteiger partial charge is 0.264 e. The Hall–Kier alpha value is -2.15. The number of imidazole rings is 1. The van der Waals surface area contributed by atoms with Crippen molar-refractivity contribution in [2.75, 3.05) is 4.72 Å². The minimum atomic E-state index is -3.74. The first kappa shape index (κ1) is 13.3. The molecule has 1 aromatic heterocycles. The molecule has 0 atom stereocenters. The van der Waals surface area contributed by atoms with Gasteiger partial charge < -0.3 is 4.98 Å². The molecule has 2 aromatic rings. The highest BCUT2D eigenvalue weighted by molar-refractivity contribution is 7.92. The van der Waals surface area contributed by atoms with Crippen molar-refractivity contribution < 1.29 is 13.2 Å². The second-order valence-electron chi connectivity index (χ2n) is 3.85. The van der Waals surface area contributed by atoms with E-state index >= 15 is 0 Å². The average Bonchev–Trinajstić information content (AvgIpc) is 2.90. The molecule has 0 fully saturated rings. The Morgan fingerprint density at radius 3 is 2.84 bits per heavy atom. The number of aromatic nitrogens is 2. The zero-order valence-corrected chi connectivity index (χ0v) is 11.1. The molecule has 0 bridgehead atoms. The van der Waals surface area contributed by atoms with Gasteiger partial charge in [0, 0.05) is 24.4 Å². The highest BCUT2D eigenvalue weighted by atomic mass is 32.2. The Bertz CT molecular complexity index is 678. The van der Waals surface area contributed by atoms with Gasteiger partial charge in [-0.05, 0) is 12.1 Å². The van der Waals surface area contributed by atoms with Gasteiger partial charge in [0.25, 0.3) is 10.0 Å². The molecule has 0 aliphatic rings. The van der Waals surface area contributed by atoms with Crippen LogP contribution < -0.4 is 4.72 Å². The maximum atomic E-state index is 12.1. The number of ketones is 1. The predicted molar refractivity (Wildman–Crippen MR) is 70.5 cm³/mol. The van der Waals surface area contributed by atoms with Gasteiger partial charge in [-0.2, -0.15) is 0 Å². The van der Waals surface area contributed by atoms with Crippen molar-refractivity contribution in [1.29, 1.82) is 0 Å². The molecule has 0 saturated carbocycles. The summed E-state index contributed by atoms with van der Waals surface area (Å²) in [7, 11) is -3.74. The van der Waals surface area contributed by atoms with Gasteiger partial charge in [-0.1, -0.05) is 19.1 Å². The van der Waals surface area contributed by atoms with E-state index in [-0.39, 0.29) is 16.6 Å². The molecule has 100 valence electrons. The molecule has 0 amide bonds.